The smallest absolute Gasteiger partial charge is 0.339 e. The van der Waals surface area contributed by atoms with Crippen molar-refractivity contribution in [1.82, 2.24) is 0 Å². The van der Waals surface area contributed by atoms with Crippen molar-refractivity contribution < 1.29 is 33.4 Å². The lowest BCUT2D eigenvalue weighted by Gasteiger charge is -2.19. The zero-order chi connectivity index (χ0) is 22.4. The number of hydrogen-bond donors (Lipinski definition) is 2. The summed E-state index contributed by atoms with van der Waals surface area (Å²) in [6.45, 7) is 1.10. The molecule has 3 amide bonds. The molecule has 0 aliphatic carbocycles. The summed E-state index contributed by atoms with van der Waals surface area (Å²) < 4.78 is 9.25. The van der Waals surface area contributed by atoms with Crippen LogP contribution in [0.25, 0.3) is 0 Å². The van der Waals surface area contributed by atoms with Crippen LogP contribution in [-0.2, 0) is 23.9 Å². The zero-order valence-electron chi connectivity index (χ0n) is 16.4. The summed E-state index contributed by atoms with van der Waals surface area (Å²) in [5.41, 5.74) is 5.80. The van der Waals surface area contributed by atoms with Gasteiger partial charge in [0.05, 0.1) is 36.7 Å². The lowest BCUT2D eigenvalue weighted by atomic mass is 10.1. The molecule has 30 heavy (non-hydrogen) atoms. The van der Waals surface area contributed by atoms with Gasteiger partial charge in [0, 0.05) is 12.6 Å². The second-order valence-electron chi connectivity index (χ2n) is 5.95. The standard InChI is InChI=1S/C20H19N3O7/c1-11(24)23(14-6-4-5-13(21)10-14)18(26)17(25)22-16-9-12(19(27)29-2)7-8-15(16)20(28)30-3/h4-10H,21H2,1-3H3,(H,22,25). The van der Waals surface area contributed by atoms with Crippen LogP contribution < -0.4 is 16.0 Å². The number of carbonyl (C=O) groups is 5. The van der Waals surface area contributed by atoms with Crippen LogP contribution in [0.4, 0.5) is 17.1 Å². The van der Waals surface area contributed by atoms with Crippen LogP contribution in [0.5, 0.6) is 0 Å². The first-order chi connectivity index (χ1) is 14.2. The van der Waals surface area contributed by atoms with Gasteiger partial charge in [-0.2, -0.15) is 0 Å². The highest BCUT2D eigenvalue weighted by molar-refractivity contribution is 6.48. The summed E-state index contributed by atoms with van der Waals surface area (Å²) in [4.78, 5) is 61.6. The van der Waals surface area contributed by atoms with Crippen molar-refractivity contribution in [3.63, 3.8) is 0 Å². The van der Waals surface area contributed by atoms with Crippen LogP contribution in [0, 0.1) is 0 Å². The molecule has 0 aliphatic rings. The van der Waals surface area contributed by atoms with Gasteiger partial charge in [-0.25, -0.2) is 14.5 Å². The second-order valence-corrected chi connectivity index (χ2v) is 5.95. The molecule has 0 atom stereocenters. The molecule has 3 N–H and O–H groups in total. The average Bonchev–Trinajstić information content (AvgIpc) is 2.72. The van der Waals surface area contributed by atoms with Gasteiger partial charge in [-0.3, -0.25) is 14.4 Å². The maximum absolute atomic E-state index is 12.7. The lowest BCUT2D eigenvalue weighted by Crippen LogP contribution is -2.43. The molecular formula is C20H19N3O7. The maximum Gasteiger partial charge on any atom is 0.339 e. The van der Waals surface area contributed by atoms with Crippen LogP contribution in [0.1, 0.15) is 27.6 Å². The number of ether oxygens (including phenoxy) is 2. The van der Waals surface area contributed by atoms with E-state index in [0.29, 0.717) is 4.90 Å². The van der Waals surface area contributed by atoms with Gasteiger partial charge in [-0.05, 0) is 36.4 Å². The van der Waals surface area contributed by atoms with Crippen LogP contribution in [0.15, 0.2) is 42.5 Å². The highest BCUT2D eigenvalue weighted by atomic mass is 16.5. The highest BCUT2D eigenvalue weighted by Crippen LogP contribution is 2.22. The molecule has 156 valence electrons. The van der Waals surface area contributed by atoms with E-state index < -0.39 is 29.7 Å². The maximum atomic E-state index is 12.7. The average molecular weight is 413 g/mol. The van der Waals surface area contributed by atoms with Crippen molar-refractivity contribution in [2.24, 2.45) is 0 Å². The fourth-order valence-corrected chi connectivity index (χ4v) is 2.56. The van der Waals surface area contributed by atoms with Gasteiger partial charge >= 0.3 is 23.8 Å². The number of nitrogens with one attached hydrogen (secondary N) is 1. The Morgan fingerprint density at radius 2 is 1.60 bits per heavy atom. The van der Waals surface area contributed by atoms with E-state index >= 15 is 0 Å². The van der Waals surface area contributed by atoms with Crippen molar-refractivity contribution in [1.29, 1.82) is 0 Å². The molecule has 0 aromatic heterocycles. The zero-order valence-corrected chi connectivity index (χ0v) is 16.4. The lowest BCUT2D eigenvalue weighted by molar-refractivity contribution is -0.136. The minimum atomic E-state index is -1.22. The normalized spacial score (nSPS) is 9.97. The Hall–Kier alpha value is -4.21. The largest absolute Gasteiger partial charge is 0.465 e. The van der Waals surface area contributed by atoms with Gasteiger partial charge in [-0.1, -0.05) is 6.07 Å². The Labute approximate surface area is 171 Å². The van der Waals surface area contributed by atoms with E-state index in [1.54, 1.807) is 6.07 Å². The van der Waals surface area contributed by atoms with Crippen LogP contribution in [0.3, 0.4) is 0 Å². The number of amides is 3. The summed E-state index contributed by atoms with van der Waals surface area (Å²) >= 11 is 0. The summed E-state index contributed by atoms with van der Waals surface area (Å²) in [5.74, 6) is -4.70. The number of nitrogens with two attached hydrogens (primary N) is 1. The number of carbonyl (C=O) groups excluding carboxylic acids is 5. The Bertz CT molecular complexity index is 1030. The molecule has 10 heteroatoms. The molecule has 0 bridgehead atoms. The molecule has 10 nitrogen and oxygen atoms in total. The monoisotopic (exact) mass is 413 g/mol. The molecule has 2 aromatic rings. The number of esters is 2. The number of rotatable bonds is 4. The third-order valence-corrected chi connectivity index (χ3v) is 3.93. The van der Waals surface area contributed by atoms with Crippen molar-refractivity contribution in [2.75, 3.05) is 30.2 Å². The highest BCUT2D eigenvalue weighted by Gasteiger charge is 2.28. The summed E-state index contributed by atoms with van der Waals surface area (Å²) in [7, 11) is 2.29. The molecule has 0 radical (unpaired) electrons. The van der Waals surface area contributed by atoms with Crippen LogP contribution in [0.2, 0.25) is 0 Å². The number of nitrogen functional groups attached to an aromatic ring is 1. The summed E-state index contributed by atoms with van der Waals surface area (Å²) in [5, 5.41) is 2.24. The Kier molecular flexibility index (Phi) is 6.86. The first kappa shape index (κ1) is 22.1. The molecule has 2 rings (SSSR count). The summed E-state index contributed by atoms with van der Waals surface area (Å²) in [6, 6.07) is 9.53. The van der Waals surface area contributed by atoms with E-state index in [1.807, 2.05) is 0 Å². The number of imide groups is 1. The van der Waals surface area contributed by atoms with Crippen molar-refractivity contribution in [2.45, 2.75) is 6.92 Å². The third-order valence-electron chi connectivity index (χ3n) is 3.93. The molecule has 2 aromatic carbocycles. The molecular weight excluding hydrogens is 394 g/mol. The first-order valence-corrected chi connectivity index (χ1v) is 8.51. The molecule has 0 fully saturated rings. The predicted molar refractivity (Wildman–Crippen MR) is 107 cm³/mol. The molecule has 0 aliphatic heterocycles. The Balaban J connectivity index is 2.41. The molecule has 0 saturated carbocycles. The summed E-state index contributed by atoms with van der Waals surface area (Å²) in [6.07, 6.45) is 0. The van der Waals surface area contributed by atoms with Crippen molar-refractivity contribution in [3.05, 3.63) is 53.6 Å². The topological polar surface area (TPSA) is 145 Å². The molecule has 0 unspecified atom stereocenters. The van der Waals surface area contributed by atoms with E-state index in [2.05, 4.69) is 14.8 Å². The minimum Gasteiger partial charge on any atom is -0.465 e. The first-order valence-electron chi connectivity index (χ1n) is 8.51. The van der Waals surface area contributed by atoms with Gasteiger partial charge in [0.15, 0.2) is 0 Å². The van der Waals surface area contributed by atoms with Crippen LogP contribution >= 0.6 is 0 Å². The Morgan fingerprint density at radius 3 is 2.17 bits per heavy atom. The third kappa shape index (κ3) is 4.79. The predicted octanol–water partition coefficient (Wildman–Crippen LogP) is 1.36. The van der Waals surface area contributed by atoms with Gasteiger partial charge in [0.1, 0.15) is 0 Å². The van der Waals surface area contributed by atoms with E-state index in [-0.39, 0.29) is 28.2 Å². The van der Waals surface area contributed by atoms with E-state index in [9.17, 15) is 24.0 Å². The quantitative estimate of drug-likeness (QED) is 0.434. The number of nitrogens with zero attached hydrogens (tertiary/aromatic N) is 1. The van der Waals surface area contributed by atoms with E-state index in [1.165, 1.54) is 30.3 Å². The number of hydrogen-bond acceptors (Lipinski definition) is 8. The van der Waals surface area contributed by atoms with Crippen LogP contribution in [-0.4, -0.2) is 43.9 Å². The van der Waals surface area contributed by atoms with Gasteiger partial charge in [-0.15, -0.1) is 0 Å². The van der Waals surface area contributed by atoms with Gasteiger partial charge < -0.3 is 20.5 Å². The van der Waals surface area contributed by atoms with E-state index in [0.717, 1.165) is 27.2 Å². The molecule has 0 spiro atoms. The Morgan fingerprint density at radius 1 is 0.933 bits per heavy atom. The SMILES string of the molecule is COC(=O)c1ccc(C(=O)OC)c(NC(=O)C(=O)N(C(C)=O)c2cccc(N)c2)c1. The number of benzene rings is 2. The fraction of sp³-hybridized carbons (Fsp3) is 0.150. The minimum absolute atomic E-state index is 0.0205. The number of anilines is 3. The van der Waals surface area contributed by atoms with Crippen molar-refractivity contribution >= 4 is 46.7 Å². The van der Waals surface area contributed by atoms with Gasteiger partial charge in [0.2, 0.25) is 5.91 Å². The second kappa shape index (κ2) is 9.32. The van der Waals surface area contributed by atoms with Crippen molar-refractivity contribution in [3.8, 4) is 0 Å². The number of methoxy groups -OCH3 is 2. The van der Waals surface area contributed by atoms with Gasteiger partial charge in [0.25, 0.3) is 0 Å². The van der Waals surface area contributed by atoms with E-state index in [4.69, 9.17) is 5.73 Å². The molecule has 0 saturated heterocycles. The molecule has 0 heterocycles. The fourth-order valence-electron chi connectivity index (χ4n) is 2.56.